The van der Waals surface area contributed by atoms with Crippen LogP contribution in [0.15, 0.2) is 0 Å². The van der Waals surface area contributed by atoms with Gasteiger partial charge in [0.15, 0.2) is 0 Å². The van der Waals surface area contributed by atoms with Crippen molar-refractivity contribution in [3.63, 3.8) is 0 Å². The van der Waals surface area contributed by atoms with Crippen molar-refractivity contribution >= 4 is 0 Å². The Hall–Kier alpha value is -0.180. The summed E-state index contributed by atoms with van der Waals surface area (Å²) in [5, 5.41) is 0. The third-order valence-corrected chi connectivity index (χ3v) is 2.50. The van der Waals surface area contributed by atoms with Crippen molar-refractivity contribution in [2.45, 2.75) is 39.0 Å². The quantitative estimate of drug-likeness (QED) is 0.660. The highest BCUT2D eigenvalue weighted by molar-refractivity contribution is 4.81. The fourth-order valence-electron chi connectivity index (χ4n) is 1.72. The van der Waals surface area contributed by atoms with Gasteiger partial charge in [-0.2, -0.15) is 0 Å². The first-order valence-electron chi connectivity index (χ1n) is 5.10. The van der Waals surface area contributed by atoms with Gasteiger partial charge < -0.3 is 0 Å². The normalized spacial score (nSPS) is 22.8. The standard InChI is InChI=1S/C10H19F2N/c1-9(2)4-3-6-13-7-5-10(11,12)8-13/h9H,3-8H2,1-2H3. The third kappa shape index (κ3) is 4.03. The van der Waals surface area contributed by atoms with Gasteiger partial charge in [0.05, 0.1) is 6.54 Å². The number of halogens is 2. The fraction of sp³-hybridized carbons (Fsp3) is 1.00. The van der Waals surface area contributed by atoms with E-state index in [1.54, 1.807) is 0 Å². The Bertz CT molecular complexity index is 157. The first kappa shape index (κ1) is 10.9. The van der Waals surface area contributed by atoms with Crippen molar-refractivity contribution in [3.8, 4) is 0 Å². The molecule has 1 rings (SSSR count). The summed E-state index contributed by atoms with van der Waals surface area (Å²) in [7, 11) is 0. The first-order valence-corrected chi connectivity index (χ1v) is 5.10. The number of alkyl halides is 2. The molecule has 0 amide bonds. The lowest BCUT2D eigenvalue weighted by atomic mass is 10.1. The SMILES string of the molecule is CC(C)CCCN1CCC(F)(F)C1. The molecule has 1 fully saturated rings. The summed E-state index contributed by atoms with van der Waals surface area (Å²) in [6.45, 7) is 5.72. The second-order valence-electron chi connectivity index (χ2n) is 4.42. The Balaban J connectivity index is 2.11. The molecule has 0 atom stereocenters. The molecule has 0 N–H and O–H groups in total. The molecular weight excluding hydrogens is 172 g/mol. The number of likely N-dealkylation sites (tertiary alicyclic amines) is 1. The van der Waals surface area contributed by atoms with Crippen LogP contribution < -0.4 is 0 Å². The maximum Gasteiger partial charge on any atom is 0.261 e. The number of hydrogen-bond donors (Lipinski definition) is 0. The molecule has 0 aliphatic carbocycles. The molecule has 0 aromatic rings. The van der Waals surface area contributed by atoms with Gasteiger partial charge in [-0.15, -0.1) is 0 Å². The maximum absolute atomic E-state index is 12.7. The second kappa shape index (κ2) is 4.36. The molecule has 0 bridgehead atoms. The molecule has 0 radical (unpaired) electrons. The summed E-state index contributed by atoms with van der Waals surface area (Å²) >= 11 is 0. The van der Waals surface area contributed by atoms with Gasteiger partial charge >= 0.3 is 0 Å². The van der Waals surface area contributed by atoms with Crippen LogP contribution in [0.4, 0.5) is 8.78 Å². The zero-order valence-corrected chi connectivity index (χ0v) is 8.52. The summed E-state index contributed by atoms with van der Waals surface area (Å²) in [6, 6.07) is 0. The average molecular weight is 191 g/mol. The van der Waals surface area contributed by atoms with Gasteiger partial charge in [-0.3, -0.25) is 4.90 Å². The van der Waals surface area contributed by atoms with Gasteiger partial charge in [0.2, 0.25) is 0 Å². The highest BCUT2D eigenvalue weighted by atomic mass is 19.3. The van der Waals surface area contributed by atoms with Crippen LogP contribution in [0, 0.1) is 5.92 Å². The highest BCUT2D eigenvalue weighted by Crippen LogP contribution is 2.26. The van der Waals surface area contributed by atoms with E-state index in [0.717, 1.165) is 19.4 Å². The van der Waals surface area contributed by atoms with E-state index in [2.05, 4.69) is 13.8 Å². The predicted octanol–water partition coefficient (Wildman–Crippen LogP) is 2.76. The molecule has 1 aliphatic rings. The van der Waals surface area contributed by atoms with Gasteiger partial charge in [-0.25, -0.2) is 8.78 Å². The molecule has 3 heteroatoms. The second-order valence-corrected chi connectivity index (χ2v) is 4.42. The Morgan fingerprint density at radius 3 is 2.54 bits per heavy atom. The minimum atomic E-state index is -2.42. The summed E-state index contributed by atoms with van der Waals surface area (Å²) < 4.78 is 25.5. The van der Waals surface area contributed by atoms with E-state index >= 15 is 0 Å². The van der Waals surface area contributed by atoms with E-state index in [0.29, 0.717) is 12.5 Å². The van der Waals surface area contributed by atoms with Crippen LogP contribution in [0.25, 0.3) is 0 Å². The lowest BCUT2D eigenvalue weighted by Gasteiger charge is -2.15. The van der Waals surface area contributed by atoms with Crippen LogP contribution in [0.1, 0.15) is 33.1 Å². The van der Waals surface area contributed by atoms with Crippen molar-refractivity contribution in [1.29, 1.82) is 0 Å². The van der Waals surface area contributed by atoms with Gasteiger partial charge in [0.25, 0.3) is 5.92 Å². The number of hydrogen-bond acceptors (Lipinski definition) is 1. The van der Waals surface area contributed by atoms with Gasteiger partial charge in [-0.1, -0.05) is 13.8 Å². The lowest BCUT2D eigenvalue weighted by molar-refractivity contribution is 0.0121. The van der Waals surface area contributed by atoms with Crippen LogP contribution in [0.5, 0.6) is 0 Å². The van der Waals surface area contributed by atoms with E-state index in [4.69, 9.17) is 0 Å². The van der Waals surface area contributed by atoms with Crippen LogP contribution in [-0.2, 0) is 0 Å². The van der Waals surface area contributed by atoms with Crippen molar-refractivity contribution in [3.05, 3.63) is 0 Å². The van der Waals surface area contributed by atoms with Crippen molar-refractivity contribution in [1.82, 2.24) is 4.90 Å². The van der Waals surface area contributed by atoms with E-state index in [-0.39, 0.29) is 13.0 Å². The molecule has 0 spiro atoms. The topological polar surface area (TPSA) is 3.24 Å². The minimum Gasteiger partial charge on any atom is -0.297 e. The monoisotopic (exact) mass is 191 g/mol. The Morgan fingerprint density at radius 2 is 2.08 bits per heavy atom. The van der Waals surface area contributed by atoms with Gasteiger partial charge in [-0.05, 0) is 25.3 Å². The Labute approximate surface area is 79.1 Å². The molecule has 0 saturated carbocycles. The molecule has 0 aromatic heterocycles. The van der Waals surface area contributed by atoms with E-state index in [1.165, 1.54) is 0 Å². The van der Waals surface area contributed by atoms with Gasteiger partial charge in [0.1, 0.15) is 0 Å². The molecule has 1 heterocycles. The van der Waals surface area contributed by atoms with Crippen molar-refractivity contribution in [2.75, 3.05) is 19.6 Å². The summed E-state index contributed by atoms with van der Waals surface area (Å²) in [5.41, 5.74) is 0. The number of rotatable bonds is 4. The number of nitrogens with zero attached hydrogens (tertiary/aromatic N) is 1. The first-order chi connectivity index (χ1) is 5.99. The smallest absolute Gasteiger partial charge is 0.261 e. The highest BCUT2D eigenvalue weighted by Gasteiger charge is 2.37. The van der Waals surface area contributed by atoms with Crippen LogP contribution in [0.3, 0.4) is 0 Å². The molecule has 0 unspecified atom stereocenters. The zero-order chi connectivity index (χ0) is 9.90. The molecular formula is C10H19F2N. The van der Waals surface area contributed by atoms with Crippen LogP contribution in [-0.4, -0.2) is 30.5 Å². The summed E-state index contributed by atoms with van der Waals surface area (Å²) in [6.07, 6.45) is 2.24. The molecule has 1 saturated heterocycles. The molecule has 1 nitrogen and oxygen atoms in total. The lowest BCUT2D eigenvalue weighted by Crippen LogP contribution is -2.26. The van der Waals surface area contributed by atoms with E-state index in [1.807, 2.05) is 4.90 Å². The van der Waals surface area contributed by atoms with Crippen LogP contribution in [0.2, 0.25) is 0 Å². The minimum absolute atomic E-state index is 0.0227. The molecule has 78 valence electrons. The molecule has 1 aliphatic heterocycles. The molecule has 0 aromatic carbocycles. The predicted molar refractivity (Wildman–Crippen MR) is 50.1 cm³/mol. The van der Waals surface area contributed by atoms with Crippen LogP contribution >= 0.6 is 0 Å². The summed E-state index contributed by atoms with van der Waals surface area (Å²) in [4.78, 5) is 1.88. The molecule has 13 heavy (non-hydrogen) atoms. The zero-order valence-electron chi connectivity index (χ0n) is 8.52. The van der Waals surface area contributed by atoms with Gasteiger partial charge in [0, 0.05) is 13.0 Å². The van der Waals surface area contributed by atoms with E-state index < -0.39 is 5.92 Å². The van der Waals surface area contributed by atoms with E-state index in [9.17, 15) is 8.78 Å². The van der Waals surface area contributed by atoms with Crippen molar-refractivity contribution < 1.29 is 8.78 Å². The largest absolute Gasteiger partial charge is 0.297 e. The fourth-order valence-corrected chi connectivity index (χ4v) is 1.72. The summed E-state index contributed by atoms with van der Waals surface area (Å²) in [5.74, 6) is -1.74. The Kier molecular flexibility index (Phi) is 3.65. The Morgan fingerprint density at radius 1 is 1.38 bits per heavy atom. The third-order valence-electron chi connectivity index (χ3n) is 2.50. The maximum atomic E-state index is 12.7. The average Bonchev–Trinajstić information content (AvgIpc) is 2.29. The van der Waals surface area contributed by atoms with Crippen molar-refractivity contribution in [2.24, 2.45) is 5.92 Å².